The highest BCUT2D eigenvalue weighted by Crippen LogP contribution is 2.23. The van der Waals surface area contributed by atoms with Crippen LogP contribution in [0.5, 0.6) is 5.75 Å². The number of fused-ring (bicyclic) bond motifs is 1. The first-order valence-corrected chi connectivity index (χ1v) is 6.19. The van der Waals surface area contributed by atoms with Gasteiger partial charge in [-0.25, -0.2) is 4.79 Å². The summed E-state index contributed by atoms with van der Waals surface area (Å²) in [4.78, 5) is 22.3. The van der Waals surface area contributed by atoms with Crippen molar-refractivity contribution in [1.82, 2.24) is 0 Å². The SMILES string of the molecule is CCOc1ccc2c(CC(N)C(=O)O)cc(=O)oc2c1. The lowest BCUT2D eigenvalue weighted by Gasteiger charge is -2.09. The van der Waals surface area contributed by atoms with Gasteiger partial charge in [-0.3, -0.25) is 4.79 Å². The van der Waals surface area contributed by atoms with Crippen molar-refractivity contribution < 1.29 is 19.1 Å². The number of nitrogens with two attached hydrogens (primary N) is 1. The molecule has 1 heterocycles. The van der Waals surface area contributed by atoms with Crippen molar-refractivity contribution in [2.24, 2.45) is 5.73 Å². The van der Waals surface area contributed by atoms with Gasteiger partial charge in [0.1, 0.15) is 17.4 Å². The van der Waals surface area contributed by atoms with Gasteiger partial charge in [0, 0.05) is 17.5 Å². The third-order valence-electron chi connectivity index (χ3n) is 2.87. The number of aliphatic carboxylic acids is 1. The van der Waals surface area contributed by atoms with Crippen molar-refractivity contribution in [3.8, 4) is 5.75 Å². The van der Waals surface area contributed by atoms with Crippen LogP contribution in [0.1, 0.15) is 12.5 Å². The first-order chi connectivity index (χ1) is 9.51. The first-order valence-electron chi connectivity index (χ1n) is 6.19. The van der Waals surface area contributed by atoms with Crippen molar-refractivity contribution in [1.29, 1.82) is 0 Å². The number of rotatable bonds is 5. The van der Waals surface area contributed by atoms with Crippen LogP contribution in [-0.2, 0) is 11.2 Å². The van der Waals surface area contributed by atoms with E-state index in [0.717, 1.165) is 0 Å². The van der Waals surface area contributed by atoms with Crippen LogP contribution in [0.25, 0.3) is 11.0 Å². The Labute approximate surface area is 114 Å². The predicted octanol–water partition coefficient (Wildman–Crippen LogP) is 1.15. The van der Waals surface area contributed by atoms with Gasteiger partial charge in [-0.2, -0.15) is 0 Å². The lowest BCUT2D eigenvalue weighted by atomic mass is 10.0. The van der Waals surface area contributed by atoms with E-state index in [2.05, 4.69) is 0 Å². The fourth-order valence-corrected chi connectivity index (χ4v) is 1.96. The molecule has 2 rings (SSSR count). The minimum Gasteiger partial charge on any atom is -0.494 e. The smallest absolute Gasteiger partial charge is 0.336 e. The molecular weight excluding hydrogens is 262 g/mol. The zero-order chi connectivity index (χ0) is 14.7. The Balaban J connectivity index is 2.49. The van der Waals surface area contributed by atoms with Gasteiger partial charge in [-0.15, -0.1) is 0 Å². The van der Waals surface area contributed by atoms with Crippen LogP contribution in [0, 0.1) is 0 Å². The van der Waals surface area contributed by atoms with E-state index < -0.39 is 17.6 Å². The summed E-state index contributed by atoms with van der Waals surface area (Å²) < 4.78 is 10.4. The maximum absolute atomic E-state index is 11.5. The molecule has 1 aromatic carbocycles. The molecule has 20 heavy (non-hydrogen) atoms. The van der Waals surface area contributed by atoms with E-state index in [-0.39, 0.29) is 6.42 Å². The molecule has 0 radical (unpaired) electrons. The summed E-state index contributed by atoms with van der Waals surface area (Å²) in [5, 5.41) is 9.51. The summed E-state index contributed by atoms with van der Waals surface area (Å²) in [6, 6.07) is 5.28. The molecule has 0 saturated heterocycles. The van der Waals surface area contributed by atoms with E-state index >= 15 is 0 Å². The Morgan fingerprint density at radius 3 is 2.85 bits per heavy atom. The van der Waals surface area contributed by atoms with Crippen molar-refractivity contribution in [3.63, 3.8) is 0 Å². The molecule has 0 saturated carbocycles. The van der Waals surface area contributed by atoms with Crippen molar-refractivity contribution in [2.75, 3.05) is 6.61 Å². The van der Waals surface area contributed by atoms with Crippen molar-refractivity contribution >= 4 is 16.9 Å². The fourth-order valence-electron chi connectivity index (χ4n) is 1.96. The average Bonchev–Trinajstić information content (AvgIpc) is 2.38. The fraction of sp³-hybridized carbons (Fsp3) is 0.286. The molecule has 0 aliphatic carbocycles. The molecule has 0 fully saturated rings. The second-order valence-electron chi connectivity index (χ2n) is 4.33. The number of benzene rings is 1. The molecule has 2 aromatic rings. The van der Waals surface area contributed by atoms with Crippen LogP contribution in [0.4, 0.5) is 0 Å². The Bertz CT molecular complexity index is 692. The highest BCUT2D eigenvalue weighted by Gasteiger charge is 2.15. The van der Waals surface area contributed by atoms with Gasteiger partial charge in [0.05, 0.1) is 6.61 Å². The Hall–Kier alpha value is -2.34. The number of carbonyl (C=O) groups is 1. The maximum Gasteiger partial charge on any atom is 0.336 e. The molecule has 0 spiro atoms. The largest absolute Gasteiger partial charge is 0.494 e. The van der Waals surface area contributed by atoms with Crippen molar-refractivity contribution in [3.05, 3.63) is 40.2 Å². The third kappa shape index (κ3) is 2.97. The lowest BCUT2D eigenvalue weighted by Crippen LogP contribution is -2.32. The summed E-state index contributed by atoms with van der Waals surface area (Å²) in [5.74, 6) is -0.528. The second-order valence-corrected chi connectivity index (χ2v) is 4.33. The molecular formula is C14H15NO5. The normalized spacial score (nSPS) is 12.3. The quantitative estimate of drug-likeness (QED) is 0.794. The average molecular weight is 277 g/mol. The third-order valence-corrected chi connectivity index (χ3v) is 2.87. The molecule has 6 nitrogen and oxygen atoms in total. The monoisotopic (exact) mass is 277 g/mol. The van der Waals surface area contributed by atoms with Crippen LogP contribution in [0.2, 0.25) is 0 Å². The predicted molar refractivity (Wildman–Crippen MR) is 73.0 cm³/mol. The van der Waals surface area contributed by atoms with E-state index in [1.54, 1.807) is 18.2 Å². The summed E-state index contributed by atoms with van der Waals surface area (Å²) in [6.07, 6.45) is 0.0609. The molecule has 106 valence electrons. The molecule has 1 aromatic heterocycles. The standard InChI is InChI=1S/C14H15NO5/c1-2-19-9-3-4-10-8(5-11(15)14(17)18)6-13(16)20-12(10)7-9/h3-4,6-7,11H,2,5,15H2,1H3,(H,17,18). The van der Waals surface area contributed by atoms with Crippen molar-refractivity contribution in [2.45, 2.75) is 19.4 Å². The molecule has 1 atom stereocenters. The van der Waals surface area contributed by atoms with Crippen LogP contribution in [0.15, 0.2) is 33.5 Å². The van der Waals surface area contributed by atoms with E-state index in [1.807, 2.05) is 6.92 Å². The van der Waals surface area contributed by atoms with Crippen LogP contribution >= 0.6 is 0 Å². The Morgan fingerprint density at radius 1 is 1.45 bits per heavy atom. The number of hydrogen-bond donors (Lipinski definition) is 2. The summed E-state index contributed by atoms with van der Waals surface area (Å²) in [7, 11) is 0. The molecule has 6 heteroatoms. The van der Waals surface area contributed by atoms with Gasteiger partial charge in [0.2, 0.25) is 0 Å². The van der Waals surface area contributed by atoms with Crippen LogP contribution < -0.4 is 16.1 Å². The van der Waals surface area contributed by atoms with Gasteiger partial charge >= 0.3 is 11.6 Å². The van der Waals surface area contributed by atoms with Gasteiger partial charge in [0.25, 0.3) is 0 Å². The molecule has 0 aliphatic rings. The van der Waals surface area contributed by atoms with E-state index in [9.17, 15) is 9.59 Å². The Morgan fingerprint density at radius 2 is 2.20 bits per heavy atom. The van der Waals surface area contributed by atoms with Gasteiger partial charge in [0.15, 0.2) is 0 Å². The summed E-state index contributed by atoms with van der Waals surface area (Å²) in [6.45, 7) is 2.35. The molecule has 0 aliphatic heterocycles. The Kier molecular flexibility index (Phi) is 4.05. The molecule has 1 unspecified atom stereocenters. The summed E-state index contributed by atoms with van der Waals surface area (Å²) in [5.41, 5.74) is 5.88. The van der Waals surface area contributed by atoms with Gasteiger partial charge in [-0.1, -0.05) is 0 Å². The number of carboxylic acid groups (broad SMARTS) is 1. The zero-order valence-corrected chi connectivity index (χ0v) is 11.0. The van der Waals surface area contributed by atoms with E-state index in [1.165, 1.54) is 6.07 Å². The highest BCUT2D eigenvalue weighted by molar-refractivity contribution is 5.83. The molecule has 0 amide bonds. The topological polar surface area (TPSA) is 103 Å². The van der Waals surface area contributed by atoms with E-state index in [0.29, 0.717) is 28.9 Å². The van der Waals surface area contributed by atoms with Gasteiger partial charge in [-0.05, 0) is 31.0 Å². The summed E-state index contributed by atoms with van der Waals surface area (Å²) >= 11 is 0. The van der Waals surface area contributed by atoms with Crippen LogP contribution in [-0.4, -0.2) is 23.7 Å². The molecule has 3 N–H and O–H groups in total. The number of carboxylic acids is 1. The lowest BCUT2D eigenvalue weighted by molar-refractivity contribution is -0.138. The highest BCUT2D eigenvalue weighted by atomic mass is 16.5. The number of ether oxygens (including phenoxy) is 1. The first kappa shape index (κ1) is 14.1. The minimum absolute atomic E-state index is 0.0609. The van der Waals surface area contributed by atoms with Gasteiger partial charge < -0.3 is 20.0 Å². The maximum atomic E-state index is 11.5. The van der Waals surface area contributed by atoms with Crippen LogP contribution in [0.3, 0.4) is 0 Å². The second kappa shape index (κ2) is 5.75. The van der Waals surface area contributed by atoms with E-state index in [4.69, 9.17) is 20.0 Å². The zero-order valence-electron chi connectivity index (χ0n) is 11.0. The molecule has 0 bridgehead atoms. The minimum atomic E-state index is -1.11. The number of hydrogen-bond acceptors (Lipinski definition) is 5.